The number of thiazole rings is 1. The summed E-state index contributed by atoms with van der Waals surface area (Å²) >= 11 is 1.09. The van der Waals surface area contributed by atoms with Crippen LogP contribution in [-0.2, 0) is 38.8 Å². The van der Waals surface area contributed by atoms with Crippen LogP contribution in [0.5, 0.6) is 0 Å². The number of aromatic nitrogens is 1. The van der Waals surface area contributed by atoms with Gasteiger partial charge in [-0.1, -0.05) is 35.6 Å². The van der Waals surface area contributed by atoms with Gasteiger partial charge in [0.05, 0.1) is 10.6 Å². The zero-order valence-corrected chi connectivity index (χ0v) is 24.1. The number of aryl methyl sites for hydroxylation is 2. The summed E-state index contributed by atoms with van der Waals surface area (Å²) in [5.41, 5.74) is 2.25. The zero-order valence-electron chi connectivity index (χ0n) is 22.5. The normalized spacial score (nSPS) is 11.5. The predicted octanol–water partition coefficient (Wildman–Crippen LogP) is 4.57. The average Bonchev–Trinajstić information content (AvgIpc) is 3.22. The fraction of sp³-hybridized carbons (Fsp3) is 0.333. The maximum atomic E-state index is 13.0. The molecule has 0 aliphatic carbocycles. The molecule has 39 heavy (non-hydrogen) atoms. The van der Waals surface area contributed by atoms with E-state index in [4.69, 9.17) is 4.74 Å². The van der Waals surface area contributed by atoms with E-state index < -0.39 is 21.5 Å². The summed E-state index contributed by atoms with van der Waals surface area (Å²) in [6.45, 7) is 6.93. The number of hydrogen-bond acceptors (Lipinski definition) is 8. The molecule has 1 heterocycles. The van der Waals surface area contributed by atoms with Crippen molar-refractivity contribution in [1.29, 1.82) is 0 Å². The standard InChI is InChI=1S/C27H32N4O6S2/c1-17(32)29-25-31-22(15-10-18-6-11-20(12-7-18)30-26(34)37-27(2,3)4)23(38-25)24(33)28-16-19-8-13-21(14-9-19)39(5,35)36/h6-9,11-14H,10,15-16H2,1-5H3,(H,28,33)(H,30,34)(H,29,31,32). The molecule has 0 radical (unpaired) electrons. The van der Waals surface area contributed by atoms with E-state index >= 15 is 0 Å². The first-order valence-corrected chi connectivity index (χ1v) is 14.8. The monoisotopic (exact) mass is 572 g/mol. The molecule has 2 aromatic carbocycles. The largest absolute Gasteiger partial charge is 0.444 e. The highest BCUT2D eigenvalue weighted by atomic mass is 32.2. The van der Waals surface area contributed by atoms with Gasteiger partial charge >= 0.3 is 6.09 Å². The summed E-state index contributed by atoms with van der Waals surface area (Å²) in [5.74, 6) is -0.635. The second-order valence-electron chi connectivity index (χ2n) is 9.90. The fourth-order valence-electron chi connectivity index (χ4n) is 3.46. The van der Waals surface area contributed by atoms with Gasteiger partial charge in [-0.25, -0.2) is 18.2 Å². The van der Waals surface area contributed by atoms with Crippen LogP contribution in [0.25, 0.3) is 0 Å². The Morgan fingerprint density at radius 3 is 2.10 bits per heavy atom. The number of nitrogens with zero attached hydrogens (tertiary/aromatic N) is 1. The molecule has 12 heteroatoms. The third-order valence-electron chi connectivity index (χ3n) is 5.24. The van der Waals surface area contributed by atoms with E-state index in [0.29, 0.717) is 34.2 Å². The predicted molar refractivity (Wildman–Crippen MR) is 151 cm³/mol. The lowest BCUT2D eigenvalue weighted by Crippen LogP contribution is -2.27. The Bertz CT molecular complexity index is 1440. The Morgan fingerprint density at radius 1 is 0.923 bits per heavy atom. The van der Waals surface area contributed by atoms with Gasteiger partial charge in [0.25, 0.3) is 5.91 Å². The van der Waals surface area contributed by atoms with Crippen LogP contribution in [0.15, 0.2) is 53.4 Å². The molecule has 10 nitrogen and oxygen atoms in total. The maximum absolute atomic E-state index is 13.0. The lowest BCUT2D eigenvalue weighted by atomic mass is 10.1. The minimum absolute atomic E-state index is 0.196. The Morgan fingerprint density at radius 2 is 1.54 bits per heavy atom. The van der Waals surface area contributed by atoms with Crippen molar-refractivity contribution >= 4 is 49.9 Å². The highest BCUT2D eigenvalue weighted by Gasteiger charge is 2.19. The SMILES string of the molecule is CC(=O)Nc1nc(CCc2ccc(NC(=O)OC(C)(C)C)cc2)c(C(=O)NCc2ccc(S(C)(=O)=O)cc2)s1. The van der Waals surface area contributed by atoms with Crippen LogP contribution in [0.1, 0.15) is 54.2 Å². The number of amides is 3. The average molecular weight is 573 g/mol. The van der Waals surface area contributed by atoms with Gasteiger partial charge in [0.1, 0.15) is 10.5 Å². The molecule has 0 saturated heterocycles. The van der Waals surface area contributed by atoms with Crippen LogP contribution in [-0.4, -0.2) is 43.2 Å². The molecule has 0 atom stereocenters. The molecule has 1 aromatic heterocycles. The molecule has 0 unspecified atom stereocenters. The summed E-state index contributed by atoms with van der Waals surface area (Å²) in [4.78, 5) is 41.6. The Balaban J connectivity index is 1.66. The number of benzene rings is 2. The van der Waals surface area contributed by atoms with Crippen LogP contribution in [0, 0.1) is 0 Å². The third kappa shape index (κ3) is 9.48. The smallest absolute Gasteiger partial charge is 0.412 e. The third-order valence-corrected chi connectivity index (χ3v) is 7.38. The minimum Gasteiger partial charge on any atom is -0.444 e. The first kappa shape index (κ1) is 29.8. The van der Waals surface area contributed by atoms with Gasteiger partial charge in [-0.2, -0.15) is 0 Å². The molecule has 3 N–H and O–H groups in total. The van der Waals surface area contributed by atoms with E-state index in [2.05, 4.69) is 20.9 Å². The van der Waals surface area contributed by atoms with Crippen molar-refractivity contribution < 1.29 is 27.5 Å². The minimum atomic E-state index is -3.30. The summed E-state index contributed by atoms with van der Waals surface area (Å²) in [6.07, 6.45) is 1.62. The number of anilines is 2. The number of carbonyl (C=O) groups is 3. The van der Waals surface area contributed by atoms with Crippen molar-refractivity contribution in [2.45, 2.75) is 57.6 Å². The van der Waals surface area contributed by atoms with Gasteiger partial charge in [-0.15, -0.1) is 0 Å². The number of nitrogens with one attached hydrogen (secondary N) is 3. The van der Waals surface area contributed by atoms with E-state index in [-0.39, 0.29) is 23.3 Å². The van der Waals surface area contributed by atoms with Crippen molar-refractivity contribution in [3.05, 3.63) is 70.2 Å². The van der Waals surface area contributed by atoms with Gasteiger partial charge in [-0.05, 0) is 69.0 Å². The Kier molecular flexibility index (Phi) is 9.46. The molecular weight excluding hydrogens is 540 g/mol. The van der Waals surface area contributed by atoms with E-state index in [1.165, 1.54) is 19.1 Å². The number of carbonyl (C=O) groups excluding carboxylic acids is 3. The van der Waals surface area contributed by atoms with Gasteiger partial charge in [0.2, 0.25) is 5.91 Å². The summed E-state index contributed by atoms with van der Waals surface area (Å²) in [5, 5.41) is 8.49. The van der Waals surface area contributed by atoms with E-state index in [9.17, 15) is 22.8 Å². The Labute approximate surface area is 232 Å². The van der Waals surface area contributed by atoms with Gasteiger partial charge < -0.3 is 15.4 Å². The number of hydrogen-bond donors (Lipinski definition) is 3. The molecule has 0 saturated carbocycles. The number of ether oxygens (including phenoxy) is 1. The van der Waals surface area contributed by atoms with Gasteiger partial charge in [0.15, 0.2) is 15.0 Å². The van der Waals surface area contributed by atoms with Crippen molar-refractivity contribution in [3.63, 3.8) is 0 Å². The highest BCUT2D eigenvalue weighted by Crippen LogP contribution is 2.25. The number of rotatable bonds is 9. The molecule has 0 fully saturated rings. The molecular formula is C27H32N4O6S2. The fourth-order valence-corrected chi connectivity index (χ4v) is 5.06. The molecule has 208 valence electrons. The summed E-state index contributed by atoms with van der Waals surface area (Å²) in [7, 11) is -3.30. The van der Waals surface area contributed by atoms with Crippen molar-refractivity contribution in [2.75, 3.05) is 16.9 Å². The van der Waals surface area contributed by atoms with Crippen LogP contribution in [0.3, 0.4) is 0 Å². The van der Waals surface area contributed by atoms with Crippen LogP contribution >= 0.6 is 11.3 Å². The topological polar surface area (TPSA) is 144 Å². The summed E-state index contributed by atoms with van der Waals surface area (Å²) < 4.78 is 28.6. The van der Waals surface area contributed by atoms with E-state index in [0.717, 1.165) is 28.7 Å². The molecule has 0 aliphatic heterocycles. The van der Waals surface area contributed by atoms with Crippen molar-refractivity contribution in [2.24, 2.45) is 0 Å². The number of sulfone groups is 1. The lowest BCUT2D eigenvalue weighted by molar-refractivity contribution is -0.114. The van der Waals surface area contributed by atoms with Crippen molar-refractivity contribution in [3.8, 4) is 0 Å². The zero-order chi connectivity index (χ0) is 28.8. The summed E-state index contributed by atoms with van der Waals surface area (Å²) in [6, 6.07) is 13.6. The van der Waals surface area contributed by atoms with Crippen LogP contribution < -0.4 is 16.0 Å². The quantitative estimate of drug-likeness (QED) is 0.341. The van der Waals surface area contributed by atoms with Crippen LogP contribution in [0.2, 0.25) is 0 Å². The first-order valence-electron chi connectivity index (χ1n) is 12.1. The van der Waals surface area contributed by atoms with Gasteiger partial charge in [-0.3, -0.25) is 14.9 Å². The van der Waals surface area contributed by atoms with E-state index in [1.807, 2.05) is 12.1 Å². The second kappa shape index (κ2) is 12.4. The second-order valence-corrected chi connectivity index (χ2v) is 12.9. The lowest BCUT2D eigenvalue weighted by Gasteiger charge is -2.19. The van der Waals surface area contributed by atoms with Crippen molar-refractivity contribution in [1.82, 2.24) is 10.3 Å². The molecule has 3 amide bonds. The first-order chi connectivity index (χ1) is 18.2. The molecule has 0 spiro atoms. The molecule has 0 bridgehead atoms. The Hall–Kier alpha value is -3.77. The molecule has 3 rings (SSSR count). The molecule has 3 aromatic rings. The van der Waals surface area contributed by atoms with E-state index in [1.54, 1.807) is 45.0 Å². The maximum Gasteiger partial charge on any atom is 0.412 e. The van der Waals surface area contributed by atoms with Crippen LogP contribution in [0.4, 0.5) is 15.6 Å². The molecule has 0 aliphatic rings. The highest BCUT2D eigenvalue weighted by molar-refractivity contribution is 7.90. The van der Waals surface area contributed by atoms with Gasteiger partial charge in [0, 0.05) is 25.4 Å².